The van der Waals surface area contributed by atoms with Crippen LogP contribution < -0.4 is 0 Å². The summed E-state index contributed by atoms with van der Waals surface area (Å²) in [6, 6.07) is 0. The van der Waals surface area contributed by atoms with Crippen molar-refractivity contribution in [2.24, 2.45) is 5.92 Å². The zero-order valence-electron chi connectivity index (χ0n) is 13.2. The Hall–Kier alpha value is -1.01. The molecule has 0 N–H and O–H groups in total. The van der Waals surface area contributed by atoms with Crippen LogP contribution in [-0.2, 0) is 4.79 Å². The smallest absolute Gasteiger partial charge is 0.263 e. The second-order valence-electron chi connectivity index (χ2n) is 6.27. The van der Waals surface area contributed by atoms with Gasteiger partial charge in [-0.1, -0.05) is 53.3 Å². The third-order valence-corrected chi connectivity index (χ3v) is 6.42. The first-order valence-corrected chi connectivity index (χ1v) is 9.25. The third-order valence-electron chi connectivity index (χ3n) is 4.61. The second-order valence-corrected chi connectivity index (χ2v) is 7.78. The van der Waals surface area contributed by atoms with Crippen LogP contribution in [0.15, 0.2) is 0 Å². The molecule has 5 nitrogen and oxygen atoms in total. The molecule has 1 saturated heterocycles. The van der Waals surface area contributed by atoms with E-state index in [0.29, 0.717) is 19.0 Å². The number of piperidine rings is 1. The Morgan fingerprint density at radius 3 is 1.80 bits per heavy atom. The fourth-order valence-electron chi connectivity index (χ4n) is 3.03. The van der Waals surface area contributed by atoms with Gasteiger partial charge in [0.15, 0.2) is 0 Å². The van der Waals surface area contributed by atoms with E-state index < -0.39 is 11.8 Å². The van der Waals surface area contributed by atoms with E-state index in [1.807, 2.05) is 0 Å². The first-order chi connectivity index (χ1) is 11.7. The molecular formula is C16H14Cl4N2O3. The molecule has 1 fully saturated rings. The van der Waals surface area contributed by atoms with Crippen LogP contribution in [0.1, 0.15) is 40.5 Å². The Kier molecular flexibility index (Phi) is 5.22. The van der Waals surface area contributed by atoms with Crippen LogP contribution in [-0.4, -0.2) is 47.2 Å². The maximum absolute atomic E-state index is 12.6. The molecule has 0 atom stereocenters. The fourth-order valence-corrected chi connectivity index (χ4v) is 4.05. The summed E-state index contributed by atoms with van der Waals surface area (Å²) in [6.45, 7) is 3.00. The van der Waals surface area contributed by atoms with Crippen molar-refractivity contribution in [2.45, 2.75) is 19.8 Å². The van der Waals surface area contributed by atoms with Crippen molar-refractivity contribution in [1.29, 1.82) is 0 Å². The van der Waals surface area contributed by atoms with Crippen molar-refractivity contribution in [1.82, 2.24) is 9.80 Å². The number of benzene rings is 1. The molecule has 3 amide bonds. The van der Waals surface area contributed by atoms with Gasteiger partial charge in [-0.3, -0.25) is 19.3 Å². The van der Waals surface area contributed by atoms with Crippen molar-refractivity contribution in [3.8, 4) is 0 Å². The lowest BCUT2D eigenvalue weighted by molar-refractivity contribution is -0.132. The number of hydrogen-bond donors (Lipinski definition) is 0. The Labute approximate surface area is 164 Å². The van der Waals surface area contributed by atoms with E-state index in [9.17, 15) is 14.4 Å². The van der Waals surface area contributed by atoms with Gasteiger partial charge >= 0.3 is 0 Å². The van der Waals surface area contributed by atoms with Gasteiger partial charge in [-0.25, -0.2) is 0 Å². The zero-order chi connectivity index (χ0) is 18.5. The van der Waals surface area contributed by atoms with Crippen LogP contribution >= 0.6 is 46.4 Å². The molecule has 2 aliphatic heterocycles. The molecule has 9 heteroatoms. The van der Waals surface area contributed by atoms with E-state index in [-0.39, 0.29) is 43.7 Å². The van der Waals surface area contributed by atoms with E-state index in [2.05, 4.69) is 6.92 Å². The molecule has 0 bridgehead atoms. The van der Waals surface area contributed by atoms with Gasteiger partial charge in [0, 0.05) is 13.1 Å². The molecule has 3 rings (SSSR count). The van der Waals surface area contributed by atoms with Gasteiger partial charge in [-0.2, -0.15) is 0 Å². The number of carbonyl (C=O) groups excluding carboxylic acids is 3. The molecule has 0 spiro atoms. The molecule has 0 unspecified atom stereocenters. The normalized spacial score (nSPS) is 18.1. The van der Waals surface area contributed by atoms with E-state index in [1.54, 1.807) is 4.90 Å². The van der Waals surface area contributed by atoms with Crippen molar-refractivity contribution >= 4 is 64.1 Å². The van der Waals surface area contributed by atoms with Crippen LogP contribution in [0, 0.1) is 5.92 Å². The number of hydrogen-bond acceptors (Lipinski definition) is 3. The topological polar surface area (TPSA) is 57.7 Å². The number of fused-ring (bicyclic) bond motifs is 1. The van der Waals surface area contributed by atoms with Crippen molar-refractivity contribution in [3.05, 3.63) is 31.2 Å². The summed E-state index contributed by atoms with van der Waals surface area (Å²) in [6.07, 6.45) is 1.80. The lowest BCUT2D eigenvalue weighted by Crippen LogP contribution is -2.45. The minimum Gasteiger partial charge on any atom is -0.341 e. The Morgan fingerprint density at radius 2 is 1.36 bits per heavy atom. The predicted molar refractivity (Wildman–Crippen MR) is 96.8 cm³/mol. The summed E-state index contributed by atoms with van der Waals surface area (Å²) < 4.78 is 0. The Morgan fingerprint density at radius 1 is 0.920 bits per heavy atom. The predicted octanol–water partition coefficient (Wildman–Crippen LogP) is 4.15. The molecule has 0 aromatic heterocycles. The quantitative estimate of drug-likeness (QED) is 0.407. The summed E-state index contributed by atoms with van der Waals surface area (Å²) in [7, 11) is 0. The number of carbonyl (C=O) groups is 3. The first-order valence-electron chi connectivity index (χ1n) is 7.74. The van der Waals surface area contributed by atoms with Crippen LogP contribution in [0.2, 0.25) is 20.1 Å². The molecular weight excluding hydrogens is 410 g/mol. The average molecular weight is 424 g/mol. The fraction of sp³-hybridized carbons (Fsp3) is 0.438. The summed E-state index contributed by atoms with van der Waals surface area (Å²) >= 11 is 24.1. The third kappa shape index (κ3) is 3.12. The van der Waals surface area contributed by atoms with Crippen LogP contribution in [0.4, 0.5) is 0 Å². The minimum atomic E-state index is -0.691. The van der Waals surface area contributed by atoms with Gasteiger partial charge in [0.05, 0.1) is 31.2 Å². The number of halogens is 4. The van der Waals surface area contributed by atoms with Crippen LogP contribution in [0.5, 0.6) is 0 Å². The van der Waals surface area contributed by atoms with Gasteiger partial charge in [0.2, 0.25) is 5.91 Å². The summed E-state index contributed by atoms with van der Waals surface area (Å²) in [5.41, 5.74) is -0.211. The van der Waals surface area contributed by atoms with Crippen molar-refractivity contribution in [3.63, 3.8) is 0 Å². The van der Waals surface area contributed by atoms with Gasteiger partial charge in [0.25, 0.3) is 11.8 Å². The van der Waals surface area contributed by atoms with Gasteiger partial charge < -0.3 is 4.90 Å². The maximum atomic E-state index is 12.6. The molecule has 134 valence electrons. The minimum absolute atomic E-state index is 0.0913. The highest BCUT2D eigenvalue weighted by Gasteiger charge is 2.42. The molecule has 1 aromatic rings. The number of likely N-dealkylation sites (tertiary alicyclic amines) is 1. The molecule has 0 aliphatic carbocycles. The van der Waals surface area contributed by atoms with E-state index in [4.69, 9.17) is 46.4 Å². The van der Waals surface area contributed by atoms with Gasteiger partial charge in [-0.05, 0) is 18.8 Å². The van der Waals surface area contributed by atoms with Crippen molar-refractivity contribution in [2.75, 3.05) is 19.6 Å². The molecule has 0 saturated carbocycles. The summed E-state index contributed by atoms with van der Waals surface area (Å²) in [4.78, 5) is 40.2. The van der Waals surface area contributed by atoms with Crippen molar-refractivity contribution < 1.29 is 14.4 Å². The molecule has 2 aliphatic rings. The molecule has 0 radical (unpaired) electrons. The van der Waals surface area contributed by atoms with E-state index >= 15 is 0 Å². The second kappa shape index (κ2) is 6.95. The Bertz CT molecular complexity index is 741. The summed E-state index contributed by atoms with van der Waals surface area (Å²) in [5, 5.41) is -0.449. The average Bonchev–Trinajstić information content (AvgIpc) is 2.83. The largest absolute Gasteiger partial charge is 0.341 e. The first kappa shape index (κ1) is 18.8. The molecule has 25 heavy (non-hydrogen) atoms. The highest BCUT2D eigenvalue weighted by Crippen LogP contribution is 2.44. The number of rotatable bonds is 2. The van der Waals surface area contributed by atoms with Gasteiger partial charge in [0.1, 0.15) is 6.54 Å². The molecule has 2 heterocycles. The standard InChI is InChI=1S/C16H14Cl4N2O3/c1-7-2-4-21(5-3-7)8(23)6-22-15(24)9-10(16(22)25)12(18)14(20)13(19)11(9)17/h7H,2-6H2,1H3. The lowest BCUT2D eigenvalue weighted by Gasteiger charge is -2.31. The lowest BCUT2D eigenvalue weighted by atomic mass is 9.99. The number of amides is 3. The van der Waals surface area contributed by atoms with Crippen LogP contribution in [0.25, 0.3) is 0 Å². The van der Waals surface area contributed by atoms with E-state index in [0.717, 1.165) is 17.7 Å². The highest BCUT2D eigenvalue weighted by molar-refractivity contribution is 6.55. The highest BCUT2D eigenvalue weighted by atomic mass is 35.5. The molecule has 1 aromatic carbocycles. The monoisotopic (exact) mass is 422 g/mol. The summed E-state index contributed by atoms with van der Waals surface area (Å²) in [5.74, 6) is -1.11. The van der Waals surface area contributed by atoms with E-state index in [1.165, 1.54) is 0 Å². The number of imide groups is 1. The number of nitrogens with zero attached hydrogens (tertiary/aromatic N) is 2. The maximum Gasteiger partial charge on any atom is 0.263 e. The Balaban J connectivity index is 1.87. The van der Waals surface area contributed by atoms with Crippen LogP contribution in [0.3, 0.4) is 0 Å². The van der Waals surface area contributed by atoms with Gasteiger partial charge in [-0.15, -0.1) is 0 Å². The SMILES string of the molecule is CC1CCN(C(=O)CN2C(=O)c3c(Cl)c(Cl)c(Cl)c(Cl)c3C2=O)CC1. The zero-order valence-corrected chi connectivity index (χ0v) is 16.3.